The zero-order valence-electron chi connectivity index (χ0n) is 15.2. The van der Waals surface area contributed by atoms with Crippen LogP contribution in [-0.2, 0) is 6.42 Å². The molecule has 0 bridgehead atoms. The van der Waals surface area contributed by atoms with Gasteiger partial charge in [-0.15, -0.1) is 0 Å². The van der Waals surface area contributed by atoms with Crippen LogP contribution in [0.2, 0.25) is 0 Å². The number of aryl methyl sites for hydroxylation is 1. The number of hydrogen-bond acceptors (Lipinski definition) is 2. The summed E-state index contributed by atoms with van der Waals surface area (Å²) in [6, 6.07) is 10.9. The predicted octanol–water partition coefficient (Wildman–Crippen LogP) is 4.31. The van der Waals surface area contributed by atoms with Gasteiger partial charge in [-0.3, -0.25) is 0 Å². The smallest absolute Gasteiger partial charge is 0.00158 e. The van der Waals surface area contributed by atoms with Gasteiger partial charge in [-0.25, -0.2) is 0 Å². The highest BCUT2D eigenvalue weighted by atomic mass is 15.1. The van der Waals surface area contributed by atoms with Crippen LogP contribution >= 0.6 is 0 Å². The molecule has 0 atom stereocenters. The molecule has 2 nitrogen and oxygen atoms in total. The molecule has 1 rings (SSSR count). The Morgan fingerprint density at radius 1 is 0.727 bits per heavy atom. The van der Waals surface area contributed by atoms with Crippen LogP contribution < -0.4 is 0 Å². The highest BCUT2D eigenvalue weighted by Crippen LogP contribution is 2.14. The first kappa shape index (κ1) is 19.2. The maximum absolute atomic E-state index is 2.33. The number of benzene rings is 1. The second-order valence-electron chi connectivity index (χ2n) is 7.18. The molecule has 0 aliphatic carbocycles. The SMILES string of the molecule is CN(C)CC(CCCCCCCc1ccccc1)CN(C)C. The van der Waals surface area contributed by atoms with Gasteiger partial charge in [-0.1, -0.05) is 56.0 Å². The Labute approximate surface area is 138 Å². The summed E-state index contributed by atoms with van der Waals surface area (Å²) in [5.74, 6) is 0.814. The molecule has 0 N–H and O–H groups in total. The summed E-state index contributed by atoms with van der Waals surface area (Å²) in [4.78, 5) is 4.65. The largest absolute Gasteiger partial charge is 0.309 e. The van der Waals surface area contributed by atoms with Gasteiger partial charge in [-0.2, -0.15) is 0 Å². The Morgan fingerprint density at radius 3 is 1.86 bits per heavy atom. The lowest BCUT2D eigenvalue weighted by atomic mass is 9.98. The fourth-order valence-electron chi connectivity index (χ4n) is 3.21. The van der Waals surface area contributed by atoms with E-state index in [1.54, 1.807) is 0 Å². The summed E-state index contributed by atoms with van der Waals surface area (Å²) in [5.41, 5.74) is 1.49. The van der Waals surface area contributed by atoms with E-state index in [2.05, 4.69) is 68.3 Å². The lowest BCUT2D eigenvalue weighted by Crippen LogP contribution is -2.30. The van der Waals surface area contributed by atoms with Crippen molar-refractivity contribution >= 4 is 0 Å². The van der Waals surface area contributed by atoms with Crippen LogP contribution in [0.3, 0.4) is 0 Å². The normalized spacial score (nSPS) is 11.8. The molecule has 126 valence electrons. The third-order valence-electron chi connectivity index (χ3n) is 4.17. The van der Waals surface area contributed by atoms with Crippen LogP contribution in [0.1, 0.15) is 44.1 Å². The second-order valence-corrected chi connectivity index (χ2v) is 7.18. The van der Waals surface area contributed by atoms with Crippen molar-refractivity contribution in [2.24, 2.45) is 5.92 Å². The zero-order chi connectivity index (χ0) is 16.2. The molecule has 1 aromatic rings. The van der Waals surface area contributed by atoms with Gasteiger partial charge in [0.2, 0.25) is 0 Å². The van der Waals surface area contributed by atoms with Gasteiger partial charge in [0.05, 0.1) is 0 Å². The molecule has 22 heavy (non-hydrogen) atoms. The molecule has 0 aromatic heterocycles. The van der Waals surface area contributed by atoms with Gasteiger partial charge in [0, 0.05) is 13.1 Å². The van der Waals surface area contributed by atoms with Gasteiger partial charge in [0.25, 0.3) is 0 Å². The van der Waals surface area contributed by atoms with Gasteiger partial charge in [0.1, 0.15) is 0 Å². The Balaban J connectivity index is 2.05. The average Bonchev–Trinajstić information content (AvgIpc) is 2.46. The van der Waals surface area contributed by atoms with E-state index in [-0.39, 0.29) is 0 Å². The van der Waals surface area contributed by atoms with Crippen LogP contribution in [-0.4, -0.2) is 51.1 Å². The quantitative estimate of drug-likeness (QED) is 0.531. The summed E-state index contributed by atoms with van der Waals surface area (Å²) in [6.45, 7) is 2.43. The van der Waals surface area contributed by atoms with E-state index in [9.17, 15) is 0 Å². The number of unbranched alkanes of at least 4 members (excludes halogenated alkanes) is 4. The fraction of sp³-hybridized carbons (Fsp3) is 0.700. The first-order chi connectivity index (χ1) is 10.6. The van der Waals surface area contributed by atoms with Crippen LogP contribution in [0.15, 0.2) is 30.3 Å². The van der Waals surface area contributed by atoms with E-state index in [0.717, 1.165) is 5.92 Å². The van der Waals surface area contributed by atoms with Crippen molar-refractivity contribution in [1.82, 2.24) is 9.80 Å². The standard InChI is InChI=1S/C20H36N2/c1-21(2)17-20(18-22(3)4)16-10-7-5-6-9-13-19-14-11-8-12-15-19/h8,11-12,14-15,20H,5-7,9-10,13,16-18H2,1-4H3. The predicted molar refractivity (Wildman–Crippen MR) is 98.4 cm³/mol. The Morgan fingerprint density at radius 2 is 1.27 bits per heavy atom. The highest BCUT2D eigenvalue weighted by molar-refractivity contribution is 5.14. The minimum Gasteiger partial charge on any atom is -0.309 e. The van der Waals surface area contributed by atoms with E-state index in [0.29, 0.717) is 0 Å². The molecule has 0 saturated heterocycles. The topological polar surface area (TPSA) is 6.48 Å². The first-order valence-electron chi connectivity index (χ1n) is 8.91. The Hall–Kier alpha value is -0.860. The van der Waals surface area contributed by atoms with Gasteiger partial charge in [-0.05, 0) is 58.9 Å². The Kier molecular flexibility index (Phi) is 10.2. The lowest BCUT2D eigenvalue weighted by Gasteiger charge is -2.24. The number of nitrogens with zero attached hydrogens (tertiary/aromatic N) is 2. The summed E-state index contributed by atoms with van der Waals surface area (Å²) < 4.78 is 0. The molecule has 0 fully saturated rings. The monoisotopic (exact) mass is 304 g/mol. The van der Waals surface area contributed by atoms with Crippen molar-refractivity contribution in [2.45, 2.75) is 44.9 Å². The summed E-state index contributed by atoms with van der Waals surface area (Å²) in [6.07, 6.45) is 9.50. The molecular weight excluding hydrogens is 268 g/mol. The fourth-order valence-corrected chi connectivity index (χ4v) is 3.21. The third-order valence-corrected chi connectivity index (χ3v) is 4.17. The molecule has 0 aliphatic heterocycles. The lowest BCUT2D eigenvalue weighted by molar-refractivity contribution is 0.244. The van der Waals surface area contributed by atoms with Gasteiger partial charge >= 0.3 is 0 Å². The molecule has 0 radical (unpaired) electrons. The van der Waals surface area contributed by atoms with Gasteiger partial charge < -0.3 is 9.80 Å². The molecular formula is C20H36N2. The maximum atomic E-state index is 2.33. The minimum absolute atomic E-state index is 0.814. The van der Waals surface area contributed by atoms with E-state index >= 15 is 0 Å². The van der Waals surface area contributed by atoms with Crippen molar-refractivity contribution < 1.29 is 0 Å². The molecule has 0 aliphatic rings. The van der Waals surface area contributed by atoms with Crippen LogP contribution in [0.5, 0.6) is 0 Å². The molecule has 0 saturated carbocycles. The van der Waals surface area contributed by atoms with E-state index in [1.165, 1.54) is 63.6 Å². The Bertz CT molecular complexity index is 349. The van der Waals surface area contributed by atoms with Crippen molar-refractivity contribution in [3.8, 4) is 0 Å². The van der Waals surface area contributed by atoms with E-state index in [1.807, 2.05) is 0 Å². The first-order valence-corrected chi connectivity index (χ1v) is 8.91. The number of rotatable bonds is 12. The van der Waals surface area contributed by atoms with Crippen molar-refractivity contribution in [3.05, 3.63) is 35.9 Å². The molecule has 0 amide bonds. The summed E-state index contributed by atoms with van der Waals surface area (Å²) in [7, 11) is 8.75. The zero-order valence-corrected chi connectivity index (χ0v) is 15.2. The van der Waals surface area contributed by atoms with E-state index in [4.69, 9.17) is 0 Å². The average molecular weight is 305 g/mol. The highest BCUT2D eigenvalue weighted by Gasteiger charge is 2.10. The molecule has 0 unspecified atom stereocenters. The molecule has 2 heteroatoms. The third kappa shape index (κ3) is 9.97. The van der Waals surface area contributed by atoms with Crippen LogP contribution in [0.4, 0.5) is 0 Å². The second kappa shape index (κ2) is 11.7. The van der Waals surface area contributed by atoms with Crippen LogP contribution in [0, 0.1) is 5.92 Å². The molecule has 0 heterocycles. The molecule has 1 aromatic carbocycles. The number of hydrogen-bond donors (Lipinski definition) is 0. The maximum Gasteiger partial charge on any atom is 0.00158 e. The van der Waals surface area contributed by atoms with Crippen molar-refractivity contribution in [3.63, 3.8) is 0 Å². The molecule has 0 spiro atoms. The minimum atomic E-state index is 0.814. The van der Waals surface area contributed by atoms with Crippen molar-refractivity contribution in [2.75, 3.05) is 41.3 Å². The van der Waals surface area contributed by atoms with Crippen LogP contribution in [0.25, 0.3) is 0 Å². The van der Waals surface area contributed by atoms with Gasteiger partial charge in [0.15, 0.2) is 0 Å². The summed E-state index contributed by atoms with van der Waals surface area (Å²) in [5, 5.41) is 0. The van der Waals surface area contributed by atoms with E-state index < -0.39 is 0 Å². The summed E-state index contributed by atoms with van der Waals surface area (Å²) >= 11 is 0. The van der Waals surface area contributed by atoms with Crippen molar-refractivity contribution in [1.29, 1.82) is 0 Å².